The third-order valence-electron chi connectivity index (χ3n) is 8.31. The number of hydrogen-bond acceptors (Lipinski definition) is 6. The number of amides is 2. The van der Waals surface area contributed by atoms with E-state index >= 15 is 0 Å². The number of fused-ring (bicyclic) bond motifs is 2. The highest BCUT2D eigenvalue weighted by Crippen LogP contribution is 2.29. The molecule has 1 aliphatic rings. The molecule has 5 aromatic rings. The summed E-state index contributed by atoms with van der Waals surface area (Å²) in [4.78, 5) is 32.4. The number of carbonyl (C=O) groups is 2. The van der Waals surface area contributed by atoms with Gasteiger partial charge in [-0.3, -0.25) is 14.3 Å². The molecule has 10 nitrogen and oxygen atoms in total. The summed E-state index contributed by atoms with van der Waals surface area (Å²) in [7, 11) is -1.90. The maximum Gasteiger partial charge on any atom is 0.268 e. The summed E-state index contributed by atoms with van der Waals surface area (Å²) in [6.07, 6.45) is 1.23. The second-order valence-corrected chi connectivity index (χ2v) is 13.3. The maximum atomic E-state index is 13.7. The van der Waals surface area contributed by atoms with Crippen LogP contribution in [0.5, 0.6) is 0 Å². The molecule has 2 amide bonds. The van der Waals surface area contributed by atoms with Crippen molar-refractivity contribution in [3.8, 4) is 0 Å². The van der Waals surface area contributed by atoms with Crippen molar-refractivity contribution in [3.63, 3.8) is 0 Å². The molecule has 1 atom stereocenters. The van der Waals surface area contributed by atoms with Crippen LogP contribution in [0.15, 0.2) is 84.9 Å². The molecule has 0 saturated carbocycles. The van der Waals surface area contributed by atoms with Crippen LogP contribution in [0.25, 0.3) is 21.8 Å². The number of likely N-dealkylation sites (tertiary alicyclic amines) is 1. The van der Waals surface area contributed by atoms with E-state index in [9.17, 15) is 18.0 Å². The van der Waals surface area contributed by atoms with Gasteiger partial charge in [-0.1, -0.05) is 54.6 Å². The minimum absolute atomic E-state index is 0.0713. The van der Waals surface area contributed by atoms with Gasteiger partial charge in [0.25, 0.3) is 5.91 Å². The maximum absolute atomic E-state index is 13.7. The smallest absolute Gasteiger partial charge is 0.268 e. The zero-order chi connectivity index (χ0) is 31.6. The van der Waals surface area contributed by atoms with Crippen LogP contribution in [0.2, 0.25) is 0 Å². The van der Waals surface area contributed by atoms with Gasteiger partial charge < -0.3 is 20.5 Å². The molecule has 4 N–H and O–H groups in total. The van der Waals surface area contributed by atoms with Gasteiger partial charge in [0.2, 0.25) is 15.9 Å². The molecule has 0 radical (unpaired) electrons. The quantitative estimate of drug-likeness (QED) is 0.213. The molecule has 1 aliphatic heterocycles. The van der Waals surface area contributed by atoms with Gasteiger partial charge in [0.05, 0.1) is 18.0 Å². The lowest BCUT2D eigenvalue weighted by molar-refractivity contribution is -0.133. The Morgan fingerprint density at radius 3 is 2.56 bits per heavy atom. The number of pyridine rings is 1. The van der Waals surface area contributed by atoms with Crippen LogP contribution in [0.3, 0.4) is 0 Å². The molecule has 0 spiro atoms. The summed E-state index contributed by atoms with van der Waals surface area (Å²) >= 11 is 0. The Labute approximate surface area is 262 Å². The van der Waals surface area contributed by atoms with E-state index in [1.807, 2.05) is 77.4 Å². The fourth-order valence-electron chi connectivity index (χ4n) is 5.90. The number of nitrogens with two attached hydrogens (primary N) is 1. The van der Waals surface area contributed by atoms with E-state index in [2.05, 4.69) is 10.0 Å². The first-order valence-corrected chi connectivity index (χ1v) is 16.6. The van der Waals surface area contributed by atoms with Crippen molar-refractivity contribution in [2.45, 2.75) is 31.7 Å². The average Bonchev–Trinajstić information content (AvgIpc) is 3.38. The average molecular weight is 625 g/mol. The van der Waals surface area contributed by atoms with Gasteiger partial charge >= 0.3 is 0 Å². The van der Waals surface area contributed by atoms with Gasteiger partial charge in [-0.25, -0.2) is 13.4 Å². The van der Waals surface area contributed by atoms with Crippen molar-refractivity contribution < 1.29 is 18.0 Å². The predicted molar refractivity (Wildman–Crippen MR) is 176 cm³/mol. The van der Waals surface area contributed by atoms with Gasteiger partial charge in [-0.05, 0) is 64.6 Å². The Kier molecular flexibility index (Phi) is 8.55. The molecular formula is C34H36N6O4S. The highest BCUT2D eigenvalue weighted by atomic mass is 32.2. The Morgan fingerprint density at radius 2 is 1.78 bits per heavy atom. The van der Waals surface area contributed by atoms with Crippen molar-refractivity contribution in [1.29, 1.82) is 0 Å². The first kappa shape index (κ1) is 30.3. The lowest BCUT2D eigenvalue weighted by Crippen LogP contribution is -2.40. The molecule has 1 fully saturated rings. The number of aromatic nitrogens is 2. The zero-order valence-electron chi connectivity index (χ0n) is 25.1. The zero-order valence-corrected chi connectivity index (χ0v) is 25.9. The predicted octanol–water partition coefficient (Wildman–Crippen LogP) is 4.24. The van der Waals surface area contributed by atoms with E-state index in [0.29, 0.717) is 47.8 Å². The number of benzene rings is 3. The van der Waals surface area contributed by atoms with E-state index in [1.54, 1.807) is 24.1 Å². The molecule has 1 saturated heterocycles. The minimum atomic E-state index is -3.70. The largest absolute Gasteiger partial charge is 0.350 e. The molecule has 3 aromatic carbocycles. The minimum Gasteiger partial charge on any atom is -0.350 e. The molecule has 0 aliphatic carbocycles. The van der Waals surface area contributed by atoms with Gasteiger partial charge in [0, 0.05) is 44.2 Å². The van der Waals surface area contributed by atoms with Crippen LogP contribution in [-0.4, -0.2) is 54.8 Å². The second-order valence-electron chi connectivity index (χ2n) is 11.6. The van der Waals surface area contributed by atoms with Crippen molar-refractivity contribution in [2.75, 3.05) is 24.9 Å². The lowest BCUT2D eigenvalue weighted by atomic mass is 9.96. The summed E-state index contributed by atoms with van der Waals surface area (Å²) in [6.45, 7) is 1.57. The standard InChI is InChI=1S/C34H36N6O4S/c1-39-14-13-24(15-32(39)41)20-36-34(42)31-18-26-11-12-28(19-35)37-33(26)40(31)21-27-17-29(16-25-9-5-6-10-30(25)27)38-45(43,44)22-23-7-3-2-4-8-23/h2-12,16-18,24,38H,13-15,19-22,35H2,1H3,(H,36,42). The third-order valence-corrected chi connectivity index (χ3v) is 9.57. The second kappa shape index (κ2) is 12.7. The highest BCUT2D eigenvalue weighted by Gasteiger charge is 2.25. The number of anilines is 1. The van der Waals surface area contributed by atoms with E-state index in [-0.39, 0.29) is 36.6 Å². The van der Waals surface area contributed by atoms with Crippen LogP contribution in [0.4, 0.5) is 5.69 Å². The fourth-order valence-corrected chi connectivity index (χ4v) is 7.08. The van der Waals surface area contributed by atoms with Gasteiger partial charge in [-0.2, -0.15) is 0 Å². The van der Waals surface area contributed by atoms with Gasteiger partial charge in [0.15, 0.2) is 0 Å². The fraction of sp³-hybridized carbons (Fsp3) is 0.265. The molecule has 2 aromatic heterocycles. The SMILES string of the molecule is CN1CCC(CNC(=O)c2cc3ccc(CN)nc3n2Cc2cc(NS(=O)(=O)Cc3ccccc3)cc3ccccc23)CC1=O. The van der Waals surface area contributed by atoms with Gasteiger partial charge in [-0.15, -0.1) is 0 Å². The number of nitrogens with one attached hydrogen (secondary N) is 2. The van der Waals surface area contributed by atoms with E-state index < -0.39 is 10.0 Å². The first-order chi connectivity index (χ1) is 21.7. The number of carbonyl (C=O) groups excluding carboxylic acids is 2. The Hall–Kier alpha value is -4.74. The van der Waals surface area contributed by atoms with Crippen LogP contribution >= 0.6 is 0 Å². The topological polar surface area (TPSA) is 139 Å². The molecule has 6 rings (SSSR count). The molecular weight excluding hydrogens is 588 g/mol. The van der Waals surface area contributed by atoms with E-state index in [1.165, 1.54) is 0 Å². The van der Waals surface area contributed by atoms with Crippen molar-refractivity contribution in [2.24, 2.45) is 11.7 Å². The number of nitrogens with zero attached hydrogens (tertiary/aromatic N) is 3. The van der Waals surface area contributed by atoms with Crippen LogP contribution < -0.4 is 15.8 Å². The van der Waals surface area contributed by atoms with E-state index in [4.69, 9.17) is 10.7 Å². The Bertz CT molecular complexity index is 1990. The molecule has 1 unspecified atom stereocenters. The van der Waals surface area contributed by atoms with Crippen LogP contribution in [0, 0.1) is 5.92 Å². The molecule has 45 heavy (non-hydrogen) atoms. The Morgan fingerprint density at radius 1 is 1.00 bits per heavy atom. The molecule has 232 valence electrons. The van der Waals surface area contributed by atoms with Crippen molar-refractivity contribution in [3.05, 3.63) is 107 Å². The van der Waals surface area contributed by atoms with E-state index in [0.717, 1.165) is 28.1 Å². The summed E-state index contributed by atoms with van der Waals surface area (Å²) < 4.78 is 30.9. The van der Waals surface area contributed by atoms with Crippen molar-refractivity contribution in [1.82, 2.24) is 19.8 Å². The lowest BCUT2D eigenvalue weighted by Gasteiger charge is -2.28. The van der Waals surface area contributed by atoms with Crippen LogP contribution in [0.1, 0.15) is 40.2 Å². The number of piperidine rings is 1. The Balaban J connectivity index is 1.35. The normalized spacial score (nSPS) is 15.5. The monoisotopic (exact) mass is 624 g/mol. The molecule has 3 heterocycles. The summed E-state index contributed by atoms with van der Waals surface area (Å²) in [5.74, 6) is -0.268. The highest BCUT2D eigenvalue weighted by molar-refractivity contribution is 7.91. The summed E-state index contributed by atoms with van der Waals surface area (Å²) in [5, 5.41) is 5.62. The number of sulfonamides is 1. The summed E-state index contributed by atoms with van der Waals surface area (Å²) in [6, 6.07) is 26.0. The summed E-state index contributed by atoms with van der Waals surface area (Å²) in [5.41, 5.74) is 9.58. The van der Waals surface area contributed by atoms with Gasteiger partial charge in [0.1, 0.15) is 11.3 Å². The number of hydrogen-bond donors (Lipinski definition) is 3. The van der Waals surface area contributed by atoms with Crippen molar-refractivity contribution >= 4 is 49.3 Å². The first-order valence-electron chi connectivity index (χ1n) is 15.0. The molecule has 11 heteroatoms. The van der Waals surface area contributed by atoms with Crippen LogP contribution in [-0.2, 0) is 33.7 Å². The number of rotatable bonds is 10. The molecule has 0 bridgehead atoms. The third kappa shape index (κ3) is 6.84.